The van der Waals surface area contributed by atoms with Gasteiger partial charge in [0.05, 0.1) is 0 Å². The van der Waals surface area contributed by atoms with Gasteiger partial charge in [-0.05, 0) is 96.6 Å². The molecular formula is C33H44. The average Bonchev–Trinajstić information content (AvgIpc) is 3.22. The number of aryl methyl sites for hydroxylation is 1. The molecule has 3 aliphatic rings. The number of allylic oxidation sites excluding steroid dienone is 1. The van der Waals surface area contributed by atoms with Crippen molar-refractivity contribution in [3.05, 3.63) is 83.4 Å². The SMILES string of the molecule is C=C(CCc1ccccc1)Cc1ccc(C(C)(C)C2CCCC3C4CCCCC4CC32)cc1. The van der Waals surface area contributed by atoms with Gasteiger partial charge in [-0.25, -0.2) is 0 Å². The molecule has 176 valence electrons. The largest absolute Gasteiger partial charge is 0.0995 e. The van der Waals surface area contributed by atoms with E-state index in [0.29, 0.717) is 0 Å². The molecule has 3 fully saturated rings. The van der Waals surface area contributed by atoms with Crippen LogP contribution in [0.5, 0.6) is 0 Å². The molecule has 33 heavy (non-hydrogen) atoms. The van der Waals surface area contributed by atoms with Crippen molar-refractivity contribution >= 4 is 0 Å². The second kappa shape index (κ2) is 9.81. The molecule has 3 aliphatic carbocycles. The van der Waals surface area contributed by atoms with E-state index in [2.05, 4.69) is 75.0 Å². The third-order valence-electron chi connectivity index (χ3n) is 9.90. The van der Waals surface area contributed by atoms with E-state index in [0.717, 1.165) is 48.9 Å². The molecule has 0 aromatic heterocycles. The summed E-state index contributed by atoms with van der Waals surface area (Å²) in [6, 6.07) is 20.5. The summed E-state index contributed by atoms with van der Waals surface area (Å²) in [5, 5.41) is 0. The van der Waals surface area contributed by atoms with E-state index in [1.165, 1.54) is 68.1 Å². The highest BCUT2D eigenvalue weighted by Gasteiger charge is 2.51. The minimum atomic E-state index is 0.277. The van der Waals surface area contributed by atoms with Crippen molar-refractivity contribution in [3.63, 3.8) is 0 Å². The Bertz CT molecular complexity index is 918. The molecular weight excluding hydrogens is 396 g/mol. The first-order valence-electron chi connectivity index (χ1n) is 13.8. The van der Waals surface area contributed by atoms with E-state index in [1.54, 1.807) is 5.56 Å². The lowest BCUT2D eigenvalue weighted by molar-refractivity contribution is 0.0922. The molecule has 0 nitrogen and oxygen atoms in total. The normalized spacial score (nSPS) is 29.3. The number of fused-ring (bicyclic) bond motifs is 3. The highest BCUT2D eigenvalue weighted by atomic mass is 14.6. The summed E-state index contributed by atoms with van der Waals surface area (Å²) in [6.45, 7) is 9.48. The molecule has 2 aromatic rings. The van der Waals surface area contributed by atoms with Crippen LogP contribution in [-0.2, 0) is 18.3 Å². The van der Waals surface area contributed by atoms with Gasteiger partial charge in [-0.1, -0.05) is 106 Å². The van der Waals surface area contributed by atoms with Gasteiger partial charge in [0.15, 0.2) is 0 Å². The monoisotopic (exact) mass is 440 g/mol. The quantitative estimate of drug-likeness (QED) is 0.377. The molecule has 0 heteroatoms. The Morgan fingerprint density at radius 1 is 0.788 bits per heavy atom. The van der Waals surface area contributed by atoms with Crippen LogP contribution in [0, 0.1) is 29.6 Å². The molecule has 5 unspecified atom stereocenters. The van der Waals surface area contributed by atoms with Gasteiger partial charge in [0.2, 0.25) is 0 Å². The van der Waals surface area contributed by atoms with Crippen LogP contribution in [0.3, 0.4) is 0 Å². The van der Waals surface area contributed by atoms with Crippen molar-refractivity contribution in [3.8, 4) is 0 Å². The number of benzene rings is 2. The second-order valence-electron chi connectivity index (χ2n) is 12.1. The van der Waals surface area contributed by atoms with Gasteiger partial charge < -0.3 is 0 Å². The van der Waals surface area contributed by atoms with E-state index in [-0.39, 0.29) is 5.41 Å². The maximum absolute atomic E-state index is 4.38. The van der Waals surface area contributed by atoms with Gasteiger partial charge in [-0.2, -0.15) is 0 Å². The van der Waals surface area contributed by atoms with E-state index >= 15 is 0 Å². The lowest BCUT2D eigenvalue weighted by Gasteiger charge is -2.45. The Labute approximate surface area is 202 Å². The molecule has 0 bridgehead atoms. The molecule has 0 N–H and O–H groups in total. The standard InChI is InChI=1S/C33H44/c1-24(16-17-25-10-5-4-6-11-25)22-26-18-20-28(21-19-26)33(2,3)32-15-9-14-30-29-13-8-7-12-27(29)23-31(30)32/h4-6,10-11,18-21,27,29-32H,1,7-9,12-17,22-23H2,2-3H3. The molecule has 0 saturated heterocycles. The Morgan fingerprint density at radius 2 is 1.52 bits per heavy atom. The molecule has 5 atom stereocenters. The number of hydrogen-bond donors (Lipinski definition) is 0. The molecule has 0 amide bonds. The molecule has 0 aliphatic heterocycles. The molecule has 5 rings (SSSR count). The Hall–Kier alpha value is -1.82. The Morgan fingerprint density at radius 3 is 2.30 bits per heavy atom. The van der Waals surface area contributed by atoms with Crippen molar-refractivity contribution in [1.29, 1.82) is 0 Å². The van der Waals surface area contributed by atoms with E-state index in [4.69, 9.17) is 0 Å². The van der Waals surface area contributed by atoms with E-state index in [9.17, 15) is 0 Å². The maximum Gasteiger partial charge on any atom is -0.00697 e. The van der Waals surface area contributed by atoms with Crippen LogP contribution < -0.4 is 0 Å². The summed E-state index contributed by atoms with van der Waals surface area (Å²) < 4.78 is 0. The van der Waals surface area contributed by atoms with Gasteiger partial charge in [-0.3, -0.25) is 0 Å². The van der Waals surface area contributed by atoms with Gasteiger partial charge in [0.25, 0.3) is 0 Å². The van der Waals surface area contributed by atoms with Crippen LogP contribution in [0.1, 0.15) is 88.3 Å². The summed E-state index contributed by atoms with van der Waals surface area (Å²) in [5.74, 6) is 4.97. The zero-order chi connectivity index (χ0) is 22.8. The predicted octanol–water partition coefficient (Wildman–Crippen LogP) is 8.94. The number of hydrogen-bond acceptors (Lipinski definition) is 0. The Kier molecular flexibility index (Phi) is 6.82. The van der Waals surface area contributed by atoms with Crippen LogP contribution in [-0.4, -0.2) is 0 Å². The summed E-state index contributed by atoms with van der Waals surface area (Å²) in [4.78, 5) is 0. The van der Waals surface area contributed by atoms with Crippen LogP contribution in [0.15, 0.2) is 66.7 Å². The average molecular weight is 441 g/mol. The first-order valence-corrected chi connectivity index (χ1v) is 13.8. The fourth-order valence-electron chi connectivity index (χ4n) is 8.12. The fraction of sp³-hybridized carbons (Fsp3) is 0.576. The number of rotatable bonds is 7. The predicted molar refractivity (Wildman–Crippen MR) is 141 cm³/mol. The molecule has 0 spiro atoms. The minimum Gasteiger partial charge on any atom is -0.0995 e. The molecule has 3 saturated carbocycles. The highest BCUT2D eigenvalue weighted by Crippen LogP contribution is 2.59. The molecule has 0 heterocycles. The zero-order valence-electron chi connectivity index (χ0n) is 21.1. The Balaban J connectivity index is 1.23. The summed E-state index contributed by atoms with van der Waals surface area (Å²) in [7, 11) is 0. The van der Waals surface area contributed by atoms with Gasteiger partial charge >= 0.3 is 0 Å². The smallest absolute Gasteiger partial charge is 0.00697 e. The lowest BCUT2D eigenvalue weighted by Crippen LogP contribution is -2.39. The summed E-state index contributed by atoms with van der Waals surface area (Å²) in [6.07, 6.45) is 15.2. The molecule has 2 aromatic carbocycles. The highest BCUT2D eigenvalue weighted by molar-refractivity contribution is 5.31. The van der Waals surface area contributed by atoms with Crippen LogP contribution in [0.2, 0.25) is 0 Å². The molecule has 0 radical (unpaired) electrons. The van der Waals surface area contributed by atoms with Crippen molar-refractivity contribution in [2.75, 3.05) is 0 Å². The van der Waals surface area contributed by atoms with Crippen LogP contribution >= 0.6 is 0 Å². The zero-order valence-corrected chi connectivity index (χ0v) is 21.1. The lowest BCUT2D eigenvalue weighted by atomic mass is 9.59. The fourth-order valence-corrected chi connectivity index (χ4v) is 8.12. The first kappa shape index (κ1) is 22.9. The third kappa shape index (κ3) is 4.87. The third-order valence-corrected chi connectivity index (χ3v) is 9.90. The van der Waals surface area contributed by atoms with E-state index in [1.807, 2.05) is 0 Å². The van der Waals surface area contributed by atoms with Gasteiger partial charge in [-0.15, -0.1) is 0 Å². The van der Waals surface area contributed by atoms with Gasteiger partial charge in [0.1, 0.15) is 0 Å². The topological polar surface area (TPSA) is 0 Å². The summed E-state index contributed by atoms with van der Waals surface area (Å²) >= 11 is 0. The van der Waals surface area contributed by atoms with Crippen molar-refractivity contribution in [1.82, 2.24) is 0 Å². The van der Waals surface area contributed by atoms with Crippen LogP contribution in [0.4, 0.5) is 0 Å². The van der Waals surface area contributed by atoms with Crippen molar-refractivity contribution in [2.24, 2.45) is 29.6 Å². The summed E-state index contributed by atoms with van der Waals surface area (Å²) in [5.41, 5.74) is 6.00. The van der Waals surface area contributed by atoms with Crippen LogP contribution in [0.25, 0.3) is 0 Å². The van der Waals surface area contributed by atoms with E-state index < -0.39 is 0 Å². The first-order chi connectivity index (χ1) is 16.0. The minimum absolute atomic E-state index is 0.277. The van der Waals surface area contributed by atoms with Gasteiger partial charge in [0, 0.05) is 0 Å². The maximum atomic E-state index is 4.38. The van der Waals surface area contributed by atoms with Crippen molar-refractivity contribution in [2.45, 2.75) is 89.9 Å². The second-order valence-corrected chi connectivity index (χ2v) is 12.1. The van der Waals surface area contributed by atoms with Crippen molar-refractivity contribution < 1.29 is 0 Å².